The SMILES string of the molecule is NC(=O)c1c(F)ccc(NCc2cc(-c3ccc(Cl)cc3)no2)c1F. The van der Waals surface area contributed by atoms with Crippen molar-refractivity contribution < 1.29 is 18.1 Å². The lowest BCUT2D eigenvalue weighted by molar-refractivity contribution is 0.0992. The van der Waals surface area contributed by atoms with Gasteiger partial charge in [-0.15, -0.1) is 0 Å². The van der Waals surface area contributed by atoms with Crippen LogP contribution < -0.4 is 11.1 Å². The zero-order valence-electron chi connectivity index (χ0n) is 12.7. The van der Waals surface area contributed by atoms with E-state index in [1.807, 2.05) is 0 Å². The Morgan fingerprint density at radius 3 is 2.60 bits per heavy atom. The van der Waals surface area contributed by atoms with Crippen LogP contribution in [0.2, 0.25) is 5.02 Å². The van der Waals surface area contributed by atoms with Crippen LogP contribution in [0.1, 0.15) is 16.1 Å². The standard InChI is InChI=1S/C17H12ClF2N3O2/c18-10-3-1-9(2-4-10)14-7-11(25-23-14)8-22-13-6-5-12(19)15(16(13)20)17(21)24/h1-7,22H,8H2,(H2,21,24). The number of hydrogen-bond acceptors (Lipinski definition) is 4. The van der Waals surface area contributed by atoms with Crippen molar-refractivity contribution >= 4 is 23.2 Å². The van der Waals surface area contributed by atoms with Gasteiger partial charge in [-0.25, -0.2) is 8.78 Å². The molecule has 8 heteroatoms. The summed E-state index contributed by atoms with van der Waals surface area (Å²) in [6.07, 6.45) is 0. The van der Waals surface area contributed by atoms with E-state index in [-0.39, 0.29) is 12.2 Å². The molecule has 1 heterocycles. The number of nitrogens with two attached hydrogens (primary N) is 1. The summed E-state index contributed by atoms with van der Waals surface area (Å²) in [7, 11) is 0. The lowest BCUT2D eigenvalue weighted by Crippen LogP contribution is -2.17. The van der Waals surface area contributed by atoms with Gasteiger partial charge in [-0.1, -0.05) is 28.9 Å². The summed E-state index contributed by atoms with van der Waals surface area (Å²) in [6, 6.07) is 10.8. The van der Waals surface area contributed by atoms with Crippen molar-refractivity contribution in [2.24, 2.45) is 5.73 Å². The highest BCUT2D eigenvalue weighted by Gasteiger charge is 2.18. The molecule has 1 aromatic heterocycles. The van der Waals surface area contributed by atoms with Crippen molar-refractivity contribution in [2.75, 3.05) is 5.32 Å². The Kier molecular flexibility index (Phi) is 4.67. The summed E-state index contributed by atoms with van der Waals surface area (Å²) in [5.41, 5.74) is 5.53. The van der Waals surface area contributed by atoms with Gasteiger partial charge in [-0.3, -0.25) is 4.79 Å². The van der Waals surface area contributed by atoms with Gasteiger partial charge in [-0.05, 0) is 24.3 Å². The molecule has 0 radical (unpaired) electrons. The smallest absolute Gasteiger partial charge is 0.254 e. The summed E-state index contributed by atoms with van der Waals surface area (Å²) in [5.74, 6) is -2.82. The maximum Gasteiger partial charge on any atom is 0.254 e. The van der Waals surface area contributed by atoms with E-state index in [9.17, 15) is 13.6 Å². The molecule has 0 aliphatic rings. The molecule has 0 saturated carbocycles. The molecule has 3 rings (SSSR count). The zero-order chi connectivity index (χ0) is 18.0. The van der Waals surface area contributed by atoms with E-state index in [2.05, 4.69) is 10.5 Å². The minimum atomic E-state index is -1.18. The van der Waals surface area contributed by atoms with E-state index in [1.54, 1.807) is 30.3 Å². The largest absolute Gasteiger partial charge is 0.375 e. The molecule has 0 unspecified atom stereocenters. The van der Waals surface area contributed by atoms with Crippen LogP contribution in [-0.2, 0) is 6.54 Å². The Bertz CT molecular complexity index is 926. The van der Waals surface area contributed by atoms with Crippen LogP contribution in [0.5, 0.6) is 0 Å². The van der Waals surface area contributed by atoms with Gasteiger partial charge < -0.3 is 15.6 Å². The molecule has 0 bridgehead atoms. The minimum absolute atomic E-state index is 0.0698. The van der Waals surface area contributed by atoms with Gasteiger partial charge in [0.1, 0.15) is 17.1 Å². The summed E-state index contributed by atoms with van der Waals surface area (Å²) in [5, 5.41) is 7.25. The number of nitrogens with one attached hydrogen (secondary N) is 1. The number of anilines is 1. The summed E-state index contributed by atoms with van der Waals surface area (Å²) in [4.78, 5) is 11.1. The minimum Gasteiger partial charge on any atom is -0.375 e. The number of carbonyl (C=O) groups excluding carboxylic acids is 1. The van der Waals surface area contributed by atoms with Crippen LogP contribution in [0.3, 0.4) is 0 Å². The number of amides is 1. The quantitative estimate of drug-likeness (QED) is 0.718. The number of carbonyl (C=O) groups is 1. The van der Waals surface area contributed by atoms with E-state index < -0.39 is 23.1 Å². The Morgan fingerprint density at radius 1 is 1.20 bits per heavy atom. The van der Waals surface area contributed by atoms with Crippen LogP contribution >= 0.6 is 11.6 Å². The topological polar surface area (TPSA) is 81.2 Å². The fourth-order valence-corrected chi connectivity index (χ4v) is 2.38. The maximum absolute atomic E-state index is 14.1. The molecule has 3 N–H and O–H groups in total. The molecule has 0 fully saturated rings. The van der Waals surface area contributed by atoms with E-state index in [1.165, 1.54) is 6.07 Å². The predicted octanol–water partition coefficient (Wildman–Crippen LogP) is 3.98. The van der Waals surface area contributed by atoms with E-state index in [0.717, 1.165) is 11.6 Å². The van der Waals surface area contributed by atoms with Gasteiger partial charge in [0, 0.05) is 16.7 Å². The Morgan fingerprint density at radius 2 is 1.92 bits per heavy atom. The third kappa shape index (κ3) is 3.61. The second-order valence-corrected chi connectivity index (χ2v) is 5.62. The molecule has 2 aromatic carbocycles. The first-order valence-electron chi connectivity index (χ1n) is 7.19. The van der Waals surface area contributed by atoms with Crippen molar-refractivity contribution in [3.8, 4) is 11.3 Å². The van der Waals surface area contributed by atoms with Crippen molar-refractivity contribution in [1.82, 2.24) is 5.16 Å². The predicted molar refractivity (Wildman–Crippen MR) is 89.2 cm³/mol. The number of hydrogen-bond donors (Lipinski definition) is 2. The van der Waals surface area contributed by atoms with Gasteiger partial charge in [0.2, 0.25) is 0 Å². The molecular weight excluding hydrogens is 352 g/mol. The third-order valence-electron chi connectivity index (χ3n) is 3.49. The van der Waals surface area contributed by atoms with Crippen molar-refractivity contribution in [2.45, 2.75) is 6.54 Å². The normalized spacial score (nSPS) is 10.7. The first-order chi connectivity index (χ1) is 12.0. The Hall–Kier alpha value is -2.93. The highest BCUT2D eigenvalue weighted by atomic mass is 35.5. The Labute approximate surface area is 146 Å². The summed E-state index contributed by atoms with van der Waals surface area (Å²) < 4.78 is 32.8. The van der Waals surface area contributed by atoms with Crippen LogP contribution in [0.4, 0.5) is 14.5 Å². The fraction of sp³-hybridized carbons (Fsp3) is 0.0588. The maximum atomic E-state index is 14.1. The number of benzene rings is 2. The third-order valence-corrected chi connectivity index (χ3v) is 3.74. The van der Waals surface area contributed by atoms with E-state index in [0.29, 0.717) is 16.5 Å². The summed E-state index contributed by atoms with van der Waals surface area (Å²) in [6.45, 7) is 0.0847. The highest BCUT2D eigenvalue weighted by molar-refractivity contribution is 6.30. The summed E-state index contributed by atoms with van der Waals surface area (Å²) >= 11 is 5.83. The van der Waals surface area contributed by atoms with Crippen LogP contribution in [0.25, 0.3) is 11.3 Å². The number of primary amides is 1. The molecule has 0 aliphatic carbocycles. The van der Waals surface area contributed by atoms with Crippen molar-refractivity contribution in [3.63, 3.8) is 0 Å². The second-order valence-electron chi connectivity index (χ2n) is 5.19. The van der Waals surface area contributed by atoms with Crippen LogP contribution in [0.15, 0.2) is 47.0 Å². The van der Waals surface area contributed by atoms with Crippen LogP contribution in [-0.4, -0.2) is 11.1 Å². The molecular formula is C17H12ClF2N3O2. The molecule has 25 heavy (non-hydrogen) atoms. The molecule has 5 nitrogen and oxygen atoms in total. The van der Waals surface area contributed by atoms with Crippen molar-refractivity contribution in [3.05, 3.63) is 70.4 Å². The molecule has 128 valence electrons. The molecule has 1 amide bonds. The zero-order valence-corrected chi connectivity index (χ0v) is 13.5. The lowest BCUT2D eigenvalue weighted by Gasteiger charge is -2.08. The van der Waals surface area contributed by atoms with E-state index in [4.69, 9.17) is 21.9 Å². The molecule has 0 spiro atoms. The monoisotopic (exact) mass is 363 g/mol. The molecule has 0 atom stereocenters. The number of aromatic nitrogens is 1. The number of halogens is 3. The average Bonchev–Trinajstić information content (AvgIpc) is 3.03. The first-order valence-corrected chi connectivity index (χ1v) is 7.56. The number of nitrogens with zero attached hydrogens (tertiary/aromatic N) is 1. The van der Waals surface area contributed by atoms with Gasteiger partial charge in [0.15, 0.2) is 11.6 Å². The highest BCUT2D eigenvalue weighted by Crippen LogP contribution is 2.24. The van der Waals surface area contributed by atoms with Gasteiger partial charge in [0.25, 0.3) is 5.91 Å². The van der Waals surface area contributed by atoms with Crippen molar-refractivity contribution in [1.29, 1.82) is 0 Å². The van der Waals surface area contributed by atoms with Gasteiger partial charge in [-0.2, -0.15) is 0 Å². The van der Waals surface area contributed by atoms with Gasteiger partial charge in [0.05, 0.1) is 12.2 Å². The first kappa shape index (κ1) is 16.9. The molecule has 0 aliphatic heterocycles. The average molecular weight is 364 g/mol. The number of rotatable bonds is 5. The second kappa shape index (κ2) is 6.90. The molecule has 0 saturated heterocycles. The Balaban J connectivity index is 1.76. The van der Waals surface area contributed by atoms with Gasteiger partial charge >= 0.3 is 0 Å². The fourth-order valence-electron chi connectivity index (χ4n) is 2.25. The lowest BCUT2D eigenvalue weighted by atomic mass is 10.1. The molecule has 3 aromatic rings. The van der Waals surface area contributed by atoms with Crippen LogP contribution in [0, 0.1) is 11.6 Å². The van der Waals surface area contributed by atoms with E-state index >= 15 is 0 Å².